The first kappa shape index (κ1) is 10.1. The Morgan fingerprint density at radius 2 is 1.62 bits per heavy atom. The van der Waals surface area contributed by atoms with E-state index in [4.69, 9.17) is 6.42 Å². The van der Waals surface area contributed by atoms with Crippen LogP contribution in [0.2, 0.25) is 0 Å². The second-order valence-corrected chi connectivity index (χ2v) is 3.22. The van der Waals surface area contributed by atoms with Crippen LogP contribution in [0.3, 0.4) is 0 Å². The fraction of sp³-hybridized carbons (Fsp3) is 0. The van der Waals surface area contributed by atoms with Crippen LogP contribution in [0.1, 0.15) is 16.7 Å². The van der Waals surface area contributed by atoms with Crippen LogP contribution in [0.5, 0.6) is 0 Å². The summed E-state index contributed by atoms with van der Waals surface area (Å²) in [7, 11) is 0. The van der Waals surface area contributed by atoms with Crippen molar-refractivity contribution >= 4 is 0 Å². The highest BCUT2D eigenvalue weighted by Crippen LogP contribution is 2.05. The minimum atomic E-state index is 0.825. The van der Waals surface area contributed by atoms with E-state index < -0.39 is 0 Å². The summed E-state index contributed by atoms with van der Waals surface area (Å²) in [4.78, 5) is 0. The third-order valence-corrected chi connectivity index (χ3v) is 2.12. The van der Waals surface area contributed by atoms with E-state index in [1.54, 1.807) is 0 Å². The molecule has 0 atom stereocenters. The highest BCUT2D eigenvalue weighted by atomic mass is 13.9. The Labute approximate surface area is 95.9 Å². The summed E-state index contributed by atoms with van der Waals surface area (Å²) in [6.07, 6.45) is 5.39. The van der Waals surface area contributed by atoms with E-state index in [0.717, 1.165) is 16.7 Å². The lowest BCUT2D eigenvalue weighted by atomic mass is 10.1. The third kappa shape index (κ3) is 2.32. The van der Waals surface area contributed by atoms with Crippen LogP contribution in [-0.2, 0) is 0 Å². The van der Waals surface area contributed by atoms with Crippen molar-refractivity contribution in [3.8, 4) is 24.2 Å². The van der Waals surface area contributed by atoms with E-state index in [9.17, 15) is 0 Å². The summed E-state index contributed by atoms with van der Waals surface area (Å²) in [5.74, 6) is 8.71. The zero-order chi connectivity index (χ0) is 11.2. The van der Waals surface area contributed by atoms with Gasteiger partial charge in [0.1, 0.15) is 0 Å². The van der Waals surface area contributed by atoms with Gasteiger partial charge in [-0.1, -0.05) is 48.1 Å². The summed E-state index contributed by atoms with van der Waals surface area (Å²) in [6, 6.07) is 18.3. The Morgan fingerprint density at radius 1 is 0.875 bits per heavy atom. The molecule has 0 aromatic heterocycles. The van der Waals surface area contributed by atoms with Gasteiger partial charge < -0.3 is 0 Å². The van der Waals surface area contributed by atoms with Crippen molar-refractivity contribution in [2.24, 2.45) is 0 Å². The standard InChI is InChI=1S/C16H9/c1-2-15-10-6-7-11-16(15)13-12-14-8-4-3-5-9-14/h1,3-8,10-11H. The smallest absolute Gasteiger partial charge is 0.0405 e. The number of benzene rings is 2. The molecule has 0 unspecified atom stereocenters. The van der Waals surface area contributed by atoms with Crippen molar-refractivity contribution in [2.75, 3.05) is 0 Å². The van der Waals surface area contributed by atoms with Gasteiger partial charge in [0.2, 0.25) is 0 Å². The fourth-order valence-corrected chi connectivity index (χ4v) is 1.32. The summed E-state index contributed by atoms with van der Waals surface area (Å²) < 4.78 is 0. The Kier molecular flexibility index (Phi) is 3.07. The largest absolute Gasteiger partial charge is 0.115 e. The van der Waals surface area contributed by atoms with Gasteiger partial charge in [-0.3, -0.25) is 0 Å². The summed E-state index contributed by atoms with van der Waals surface area (Å²) >= 11 is 0. The molecule has 0 heterocycles. The van der Waals surface area contributed by atoms with E-state index in [1.165, 1.54) is 0 Å². The Morgan fingerprint density at radius 3 is 2.31 bits per heavy atom. The van der Waals surface area contributed by atoms with Gasteiger partial charge in [0.15, 0.2) is 0 Å². The fourth-order valence-electron chi connectivity index (χ4n) is 1.32. The Hall–Kier alpha value is -2.44. The number of rotatable bonds is 0. The first-order valence-electron chi connectivity index (χ1n) is 4.94. The second-order valence-electron chi connectivity index (χ2n) is 3.22. The van der Waals surface area contributed by atoms with E-state index in [1.807, 2.05) is 48.5 Å². The Balaban J connectivity index is 2.36. The van der Waals surface area contributed by atoms with Gasteiger partial charge in [-0.2, -0.15) is 0 Å². The molecule has 2 rings (SSSR count). The maximum atomic E-state index is 5.39. The molecule has 16 heavy (non-hydrogen) atoms. The van der Waals surface area contributed by atoms with E-state index in [2.05, 4.69) is 23.8 Å². The van der Waals surface area contributed by atoms with Crippen LogP contribution < -0.4 is 0 Å². The van der Waals surface area contributed by atoms with Gasteiger partial charge in [-0.05, 0) is 24.3 Å². The molecular formula is C16H9. The molecule has 0 spiro atoms. The van der Waals surface area contributed by atoms with Crippen LogP contribution >= 0.6 is 0 Å². The Bertz CT molecular complexity index is 575. The van der Waals surface area contributed by atoms with Crippen molar-refractivity contribution in [1.29, 1.82) is 0 Å². The maximum Gasteiger partial charge on any atom is 0.0405 e. The molecule has 0 heteroatoms. The van der Waals surface area contributed by atoms with E-state index >= 15 is 0 Å². The lowest BCUT2D eigenvalue weighted by molar-refractivity contribution is 1.58. The molecule has 1 radical (unpaired) electrons. The molecule has 0 aliphatic carbocycles. The van der Waals surface area contributed by atoms with Gasteiger partial charge in [-0.15, -0.1) is 6.42 Å². The predicted octanol–water partition coefficient (Wildman–Crippen LogP) is 2.87. The monoisotopic (exact) mass is 201 g/mol. The normalized spacial score (nSPS) is 8.69. The summed E-state index contributed by atoms with van der Waals surface area (Å²) in [6.45, 7) is 0. The van der Waals surface area contributed by atoms with E-state index in [0.29, 0.717) is 0 Å². The molecule has 0 saturated heterocycles. The highest BCUT2D eigenvalue weighted by molar-refractivity contribution is 5.51. The molecule has 0 fully saturated rings. The average Bonchev–Trinajstić information content (AvgIpc) is 2.38. The first-order valence-corrected chi connectivity index (χ1v) is 4.94. The molecular weight excluding hydrogens is 192 g/mol. The minimum Gasteiger partial charge on any atom is -0.115 e. The molecule has 0 bridgehead atoms. The molecule has 0 nitrogen and oxygen atoms in total. The lowest BCUT2D eigenvalue weighted by Crippen LogP contribution is -1.82. The number of hydrogen-bond donors (Lipinski definition) is 0. The second kappa shape index (κ2) is 4.87. The zero-order valence-corrected chi connectivity index (χ0v) is 8.70. The third-order valence-electron chi connectivity index (χ3n) is 2.12. The minimum absolute atomic E-state index is 0.825. The van der Waals surface area contributed by atoms with Crippen LogP contribution in [-0.4, -0.2) is 0 Å². The van der Waals surface area contributed by atoms with Gasteiger partial charge in [0.25, 0.3) is 0 Å². The quantitative estimate of drug-likeness (QED) is 0.575. The zero-order valence-electron chi connectivity index (χ0n) is 8.70. The number of hydrogen-bond acceptors (Lipinski definition) is 0. The van der Waals surface area contributed by atoms with Gasteiger partial charge in [0.05, 0.1) is 0 Å². The summed E-state index contributed by atoms with van der Waals surface area (Å²) in [5, 5.41) is 0. The van der Waals surface area contributed by atoms with Crippen molar-refractivity contribution in [3.05, 3.63) is 71.3 Å². The van der Waals surface area contributed by atoms with Crippen molar-refractivity contribution in [3.63, 3.8) is 0 Å². The molecule has 0 aliphatic rings. The lowest BCUT2D eigenvalue weighted by Gasteiger charge is -1.94. The van der Waals surface area contributed by atoms with Gasteiger partial charge in [-0.25, -0.2) is 0 Å². The molecule has 0 saturated carbocycles. The molecule has 0 N–H and O–H groups in total. The number of terminal acetylenes is 1. The van der Waals surface area contributed by atoms with E-state index in [-0.39, 0.29) is 0 Å². The molecule has 0 aliphatic heterocycles. The molecule has 0 amide bonds. The first-order chi connectivity index (χ1) is 7.90. The molecule has 73 valence electrons. The maximum absolute atomic E-state index is 5.39. The SMILES string of the molecule is C#Cc1ccccc1C#Cc1[c]cccc1. The van der Waals surface area contributed by atoms with Gasteiger partial charge in [0, 0.05) is 16.7 Å². The van der Waals surface area contributed by atoms with Crippen molar-refractivity contribution in [2.45, 2.75) is 0 Å². The van der Waals surface area contributed by atoms with Crippen LogP contribution in [0.25, 0.3) is 0 Å². The molecule has 2 aromatic carbocycles. The predicted molar refractivity (Wildman–Crippen MR) is 65.6 cm³/mol. The van der Waals surface area contributed by atoms with Crippen LogP contribution in [0.4, 0.5) is 0 Å². The molecule has 2 aromatic rings. The average molecular weight is 201 g/mol. The van der Waals surface area contributed by atoms with Crippen molar-refractivity contribution in [1.82, 2.24) is 0 Å². The summed E-state index contributed by atoms with van der Waals surface area (Å²) in [5.41, 5.74) is 2.57. The highest BCUT2D eigenvalue weighted by Gasteiger charge is 1.93. The van der Waals surface area contributed by atoms with Gasteiger partial charge >= 0.3 is 0 Å². The van der Waals surface area contributed by atoms with Crippen molar-refractivity contribution < 1.29 is 0 Å². The van der Waals surface area contributed by atoms with Crippen LogP contribution in [0, 0.1) is 30.3 Å². The van der Waals surface area contributed by atoms with Crippen LogP contribution in [0.15, 0.2) is 48.5 Å². The topological polar surface area (TPSA) is 0 Å².